The second-order valence-corrected chi connectivity index (χ2v) is 7.24. The summed E-state index contributed by atoms with van der Waals surface area (Å²) >= 11 is 0. The first-order valence-electron chi connectivity index (χ1n) is 9.58. The van der Waals surface area contributed by atoms with Crippen LogP contribution in [0, 0.1) is 13.8 Å². The van der Waals surface area contributed by atoms with Crippen molar-refractivity contribution >= 4 is 11.8 Å². The SMILES string of the molecule is Cc1ccc(N2CCN(CCC(OC(N)=O)c3ccccc3)CC2)c(C)c1. The molecule has 1 saturated heterocycles. The summed E-state index contributed by atoms with van der Waals surface area (Å²) in [4.78, 5) is 16.2. The van der Waals surface area contributed by atoms with Crippen molar-refractivity contribution in [3.05, 3.63) is 65.2 Å². The molecule has 27 heavy (non-hydrogen) atoms. The number of amides is 1. The molecule has 0 saturated carbocycles. The lowest BCUT2D eigenvalue weighted by atomic mass is 10.1. The van der Waals surface area contributed by atoms with E-state index in [-0.39, 0.29) is 6.10 Å². The van der Waals surface area contributed by atoms with Gasteiger partial charge < -0.3 is 15.4 Å². The highest BCUT2D eigenvalue weighted by Crippen LogP contribution is 2.24. The maximum Gasteiger partial charge on any atom is 0.405 e. The lowest BCUT2D eigenvalue weighted by molar-refractivity contribution is 0.0910. The molecule has 144 valence electrons. The molecule has 1 heterocycles. The van der Waals surface area contributed by atoms with Gasteiger partial charge in [0.1, 0.15) is 6.10 Å². The Hall–Kier alpha value is -2.53. The summed E-state index contributed by atoms with van der Waals surface area (Å²) in [6.07, 6.45) is -0.263. The van der Waals surface area contributed by atoms with Crippen LogP contribution in [0.15, 0.2) is 48.5 Å². The maximum atomic E-state index is 11.3. The summed E-state index contributed by atoms with van der Waals surface area (Å²) in [6.45, 7) is 9.23. The summed E-state index contributed by atoms with van der Waals surface area (Å²) in [5.74, 6) is 0. The lowest BCUT2D eigenvalue weighted by Crippen LogP contribution is -2.47. The first-order chi connectivity index (χ1) is 13.0. The zero-order valence-electron chi connectivity index (χ0n) is 16.2. The average molecular weight is 367 g/mol. The third-order valence-electron chi connectivity index (χ3n) is 5.20. The fraction of sp³-hybridized carbons (Fsp3) is 0.409. The molecule has 1 fully saturated rings. The van der Waals surface area contributed by atoms with Gasteiger partial charge in [-0.05, 0) is 31.0 Å². The fourth-order valence-electron chi connectivity index (χ4n) is 3.77. The Bertz CT molecular complexity index is 755. The standard InChI is InChI=1S/C22H29N3O2/c1-17-8-9-20(18(2)16-17)25-14-12-24(13-15-25)11-10-21(27-22(23)26)19-6-4-3-5-7-19/h3-9,16,21H,10-15H2,1-2H3,(H2,23,26). The first kappa shape index (κ1) is 19.2. The van der Waals surface area contributed by atoms with Gasteiger partial charge in [0.2, 0.25) is 0 Å². The van der Waals surface area contributed by atoms with Gasteiger partial charge in [0.25, 0.3) is 0 Å². The molecule has 3 rings (SSSR count). The Morgan fingerprint density at radius 3 is 2.41 bits per heavy atom. The topological polar surface area (TPSA) is 58.8 Å². The number of rotatable bonds is 6. The zero-order valence-corrected chi connectivity index (χ0v) is 16.2. The predicted octanol–water partition coefficient (Wildman–Crippen LogP) is 3.65. The summed E-state index contributed by atoms with van der Waals surface area (Å²) in [5.41, 5.74) is 10.2. The van der Waals surface area contributed by atoms with Crippen LogP contribution >= 0.6 is 0 Å². The van der Waals surface area contributed by atoms with Gasteiger partial charge in [-0.1, -0.05) is 48.0 Å². The number of piperazine rings is 1. The molecule has 1 atom stereocenters. The molecule has 0 radical (unpaired) electrons. The number of nitrogens with zero attached hydrogens (tertiary/aromatic N) is 2. The van der Waals surface area contributed by atoms with Crippen molar-refractivity contribution < 1.29 is 9.53 Å². The number of benzene rings is 2. The molecule has 5 heteroatoms. The normalized spacial score (nSPS) is 16.1. The van der Waals surface area contributed by atoms with Gasteiger partial charge in [-0.25, -0.2) is 4.79 Å². The van der Waals surface area contributed by atoms with Gasteiger partial charge >= 0.3 is 6.09 Å². The number of carbonyl (C=O) groups excluding carboxylic acids is 1. The largest absolute Gasteiger partial charge is 0.441 e. The monoisotopic (exact) mass is 367 g/mol. The van der Waals surface area contributed by atoms with Crippen LogP contribution in [0.25, 0.3) is 0 Å². The second-order valence-electron chi connectivity index (χ2n) is 7.24. The van der Waals surface area contributed by atoms with Crippen molar-refractivity contribution in [1.82, 2.24) is 4.90 Å². The van der Waals surface area contributed by atoms with E-state index >= 15 is 0 Å². The minimum Gasteiger partial charge on any atom is -0.441 e. The van der Waals surface area contributed by atoms with Crippen LogP contribution in [0.1, 0.15) is 29.2 Å². The highest BCUT2D eigenvalue weighted by atomic mass is 16.6. The van der Waals surface area contributed by atoms with Crippen LogP contribution in [-0.4, -0.2) is 43.7 Å². The summed E-state index contributed by atoms with van der Waals surface area (Å²) in [5, 5.41) is 0. The second kappa shape index (κ2) is 8.91. The molecule has 0 aromatic heterocycles. The molecular formula is C22H29N3O2. The van der Waals surface area contributed by atoms with Gasteiger partial charge in [-0.15, -0.1) is 0 Å². The third-order valence-corrected chi connectivity index (χ3v) is 5.20. The van der Waals surface area contributed by atoms with E-state index in [0.717, 1.165) is 44.7 Å². The minimum atomic E-state index is -0.719. The van der Waals surface area contributed by atoms with Gasteiger partial charge in [0.05, 0.1) is 0 Å². The Morgan fingerprint density at radius 1 is 1.07 bits per heavy atom. The van der Waals surface area contributed by atoms with Gasteiger partial charge in [0.15, 0.2) is 0 Å². The van der Waals surface area contributed by atoms with Crippen LogP contribution in [0.3, 0.4) is 0 Å². The molecule has 5 nitrogen and oxygen atoms in total. The molecule has 1 amide bonds. The van der Waals surface area contributed by atoms with Gasteiger partial charge in [-0.2, -0.15) is 0 Å². The summed E-state index contributed by atoms with van der Waals surface area (Å²) in [7, 11) is 0. The maximum absolute atomic E-state index is 11.3. The highest BCUT2D eigenvalue weighted by Gasteiger charge is 2.21. The van der Waals surface area contributed by atoms with Crippen molar-refractivity contribution in [2.45, 2.75) is 26.4 Å². The third kappa shape index (κ3) is 5.23. The van der Waals surface area contributed by atoms with E-state index in [1.165, 1.54) is 16.8 Å². The van der Waals surface area contributed by atoms with Crippen LogP contribution in [0.2, 0.25) is 0 Å². The van der Waals surface area contributed by atoms with Crippen molar-refractivity contribution in [1.29, 1.82) is 0 Å². The number of primary amides is 1. The van der Waals surface area contributed by atoms with Gasteiger partial charge in [-0.3, -0.25) is 4.90 Å². The number of anilines is 1. The Balaban J connectivity index is 1.54. The molecule has 1 unspecified atom stereocenters. The first-order valence-corrected chi connectivity index (χ1v) is 9.58. The molecule has 1 aliphatic rings. The van der Waals surface area contributed by atoms with E-state index in [0.29, 0.717) is 0 Å². The molecule has 0 bridgehead atoms. The highest BCUT2D eigenvalue weighted by molar-refractivity contribution is 5.65. The van der Waals surface area contributed by atoms with Crippen molar-refractivity contribution in [3.63, 3.8) is 0 Å². The van der Waals surface area contributed by atoms with Crippen molar-refractivity contribution in [3.8, 4) is 0 Å². The molecule has 2 aromatic rings. The van der Waals surface area contributed by atoms with Crippen LogP contribution in [0.4, 0.5) is 10.5 Å². The molecular weight excluding hydrogens is 338 g/mol. The molecule has 0 aliphatic carbocycles. The van der Waals surface area contributed by atoms with E-state index < -0.39 is 6.09 Å². The van der Waals surface area contributed by atoms with Crippen LogP contribution in [0.5, 0.6) is 0 Å². The van der Waals surface area contributed by atoms with Gasteiger partial charge in [0, 0.05) is 44.8 Å². The number of nitrogens with two attached hydrogens (primary N) is 1. The number of aryl methyl sites for hydroxylation is 2. The number of hydrogen-bond acceptors (Lipinski definition) is 4. The molecule has 1 aliphatic heterocycles. The molecule has 2 N–H and O–H groups in total. The zero-order chi connectivity index (χ0) is 19.2. The number of hydrogen-bond donors (Lipinski definition) is 1. The average Bonchev–Trinajstić information content (AvgIpc) is 2.66. The summed E-state index contributed by atoms with van der Waals surface area (Å²) < 4.78 is 5.35. The smallest absolute Gasteiger partial charge is 0.405 e. The molecule has 2 aromatic carbocycles. The van der Waals surface area contributed by atoms with Crippen LogP contribution < -0.4 is 10.6 Å². The van der Waals surface area contributed by atoms with E-state index in [1.807, 2.05) is 30.3 Å². The Morgan fingerprint density at radius 2 is 1.78 bits per heavy atom. The van der Waals surface area contributed by atoms with Crippen LogP contribution in [-0.2, 0) is 4.74 Å². The quantitative estimate of drug-likeness (QED) is 0.847. The van der Waals surface area contributed by atoms with Crippen molar-refractivity contribution in [2.75, 3.05) is 37.6 Å². The van der Waals surface area contributed by atoms with E-state index in [9.17, 15) is 4.79 Å². The van der Waals surface area contributed by atoms with Crippen molar-refractivity contribution in [2.24, 2.45) is 5.73 Å². The Kier molecular flexibility index (Phi) is 6.35. The van der Waals surface area contributed by atoms with E-state index in [2.05, 4.69) is 41.8 Å². The predicted molar refractivity (Wildman–Crippen MR) is 109 cm³/mol. The molecule has 0 spiro atoms. The summed E-state index contributed by atoms with van der Waals surface area (Å²) in [6, 6.07) is 16.5. The fourth-order valence-corrected chi connectivity index (χ4v) is 3.77. The van der Waals surface area contributed by atoms with E-state index in [1.54, 1.807) is 0 Å². The minimum absolute atomic E-state index is 0.291. The number of carbonyl (C=O) groups is 1. The Labute approximate surface area is 161 Å². The van der Waals surface area contributed by atoms with E-state index in [4.69, 9.17) is 10.5 Å². The lowest BCUT2D eigenvalue weighted by Gasteiger charge is -2.37. The number of ether oxygens (including phenoxy) is 1.